The van der Waals surface area contributed by atoms with Crippen molar-refractivity contribution in [2.24, 2.45) is 7.05 Å². The van der Waals surface area contributed by atoms with E-state index in [0.29, 0.717) is 11.2 Å². The fraction of sp³-hybridized carbons (Fsp3) is 0.346. The summed E-state index contributed by atoms with van der Waals surface area (Å²) < 4.78 is 3.32. The Morgan fingerprint density at radius 1 is 0.882 bits per heavy atom. The maximum atomic E-state index is 12.9. The molecule has 0 amide bonds. The van der Waals surface area contributed by atoms with Crippen molar-refractivity contribution < 1.29 is 0 Å². The molecule has 176 valence electrons. The smallest absolute Gasteiger partial charge is 0.328 e. The number of hydrogen-bond donors (Lipinski definition) is 1. The summed E-state index contributed by atoms with van der Waals surface area (Å²) in [5.74, 6) is 0. The Bertz CT molecular complexity index is 1330. The number of rotatable bonds is 6. The number of aromatic nitrogens is 4. The summed E-state index contributed by atoms with van der Waals surface area (Å²) in [4.78, 5) is 37.0. The zero-order chi connectivity index (χ0) is 23.7. The molecule has 34 heavy (non-hydrogen) atoms. The van der Waals surface area contributed by atoms with E-state index in [2.05, 4.69) is 87.4 Å². The summed E-state index contributed by atoms with van der Waals surface area (Å²) in [7, 11) is 1.77. The third-order valence-electron chi connectivity index (χ3n) is 6.83. The van der Waals surface area contributed by atoms with Crippen molar-refractivity contribution in [3.8, 4) is 0 Å². The summed E-state index contributed by atoms with van der Waals surface area (Å²) >= 11 is 0. The topological polar surface area (TPSA) is 79.2 Å². The van der Waals surface area contributed by atoms with Crippen LogP contribution in [0.1, 0.15) is 36.7 Å². The van der Waals surface area contributed by atoms with Gasteiger partial charge in [-0.2, -0.15) is 0 Å². The SMILES string of the molecule is CCC(N1CCN(C(c2ccccc2)c2ccccc2)CC1)n1c(=O)[nH]c(=O)c2c1ncn2C. The predicted molar refractivity (Wildman–Crippen MR) is 133 cm³/mol. The van der Waals surface area contributed by atoms with Crippen molar-refractivity contribution in [1.82, 2.24) is 28.9 Å². The average molecular weight is 459 g/mol. The molecule has 5 rings (SSSR count). The summed E-state index contributed by atoms with van der Waals surface area (Å²) in [5, 5.41) is 0. The van der Waals surface area contributed by atoms with Crippen LogP contribution in [-0.4, -0.2) is 55.1 Å². The van der Waals surface area contributed by atoms with Gasteiger partial charge in [-0.05, 0) is 17.5 Å². The summed E-state index contributed by atoms with van der Waals surface area (Å²) in [6.07, 6.45) is 2.15. The van der Waals surface area contributed by atoms with E-state index in [-0.39, 0.29) is 12.2 Å². The number of hydrogen-bond acceptors (Lipinski definition) is 5. The Morgan fingerprint density at radius 2 is 1.44 bits per heavy atom. The molecule has 3 heterocycles. The van der Waals surface area contributed by atoms with Gasteiger partial charge in [-0.25, -0.2) is 9.78 Å². The molecule has 1 saturated heterocycles. The minimum atomic E-state index is -0.406. The van der Waals surface area contributed by atoms with E-state index in [1.807, 2.05) is 0 Å². The molecule has 0 spiro atoms. The molecule has 0 bridgehead atoms. The first-order valence-corrected chi connectivity index (χ1v) is 11.8. The molecular weight excluding hydrogens is 428 g/mol. The van der Waals surface area contributed by atoms with Crippen molar-refractivity contribution >= 4 is 11.2 Å². The van der Waals surface area contributed by atoms with Crippen molar-refractivity contribution in [2.45, 2.75) is 25.6 Å². The highest BCUT2D eigenvalue weighted by molar-refractivity contribution is 5.69. The minimum Gasteiger partial charge on any atom is -0.328 e. The Balaban J connectivity index is 1.43. The first-order valence-electron chi connectivity index (χ1n) is 11.8. The van der Waals surface area contributed by atoms with Gasteiger partial charge >= 0.3 is 5.69 Å². The largest absolute Gasteiger partial charge is 0.331 e. The molecule has 0 aliphatic carbocycles. The number of nitrogens with one attached hydrogen (secondary N) is 1. The average Bonchev–Trinajstić information content (AvgIpc) is 3.25. The van der Waals surface area contributed by atoms with Crippen molar-refractivity contribution in [3.05, 3.63) is 99.0 Å². The van der Waals surface area contributed by atoms with Crippen LogP contribution in [0.3, 0.4) is 0 Å². The van der Waals surface area contributed by atoms with Crippen LogP contribution in [-0.2, 0) is 7.05 Å². The van der Waals surface area contributed by atoms with Crippen LogP contribution in [0.25, 0.3) is 11.2 Å². The van der Waals surface area contributed by atoms with Crippen LogP contribution in [0, 0.1) is 0 Å². The van der Waals surface area contributed by atoms with Crippen LogP contribution >= 0.6 is 0 Å². The van der Waals surface area contributed by atoms with Crippen molar-refractivity contribution in [1.29, 1.82) is 0 Å². The molecule has 2 aromatic heterocycles. The molecule has 1 atom stereocenters. The molecule has 8 nitrogen and oxygen atoms in total. The quantitative estimate of drug-likeness (QED) is 0.481. The second kappa shape index (κ2) is 9.40. The lowest BCUT2D eigenvalue weighted by molar-refractivity contribution is 0.0495. The number of H-pyrrole nitrogens is 1. The van der Waals surface area contributed by atoms with Crippen LogP contribution in [0.2, 0.25) is 0 Å². The monoisotopic (exact) mass is 458 g/mol. The van der Waals surface area contributed by atoms with Gasteiger partial charge in [-0.3, -0.25) is 24.1 Å². The standard InChI is InChI=1S/C26H30N6O2/c1-3-21(32-24-23(29(2)18-27-24)25(33)28-26(32)34)30-14-16-31(17-15-30)22(19-10-6-4-7-11-19)20-12-8-5-9-13-20/h4-13,18,21-22H,3,14-17H2,1-2H3,(H,28,33,34). The third-order valence-corrected chi connectivity index (χ3v) is 6.83. The van der Waals surface area contributed by atoms with Crippen LogP contribution < -0.4 is 11.2 Å². The van der Waals surface area contributed by atoms with Gasteiger partial charge in [0.2, 0.25) is 0 Å². The van der Waals surface area contributed by atoms with Crippen LogP contribution in [0.5, 0.6) is 0 Å². The number of nitrogens with zero attached hydrogens (tertiary/aromatic N) is 5. The molecule has 1 N–H and O–H groups in total. The summed E-state index contributed by atoms with van der Waals surface area (Å²) in [6.45, 7) is 5.44. The first kappa shape index (κ1) is 22.3. The van der Waals surface area contributed by atoms with Gasteiger partial charge in [0, 0.05) is 33.2 Å². The highest BCUT2D eigenvalue weighted by atomic mass is 16.2. The van der Waals surface area contributed by atoms with E-state index < -0.39 is 11.2 Å². The van der Waals surface area contributed by atoms with Gasteiger partial charge in [0.1, 0.15) is 0 Å². The minimum absolute atomic E-state index is 0.171. The van der Waals surface area contributed by atoms with E-state index in [1.54, 1.807) is 22.5 Å². The number of fused-ring (bicyclic) bond motifs is 1. The second-order valence-corrected chi connectivity index (χ2v) is 8.84. The Labute approximate surface area is 198 Å². The lowest BCUT2D eigenvalue weighted by Gasteiger charge is -2.42. The van der Waals surface area contributed by atoms with Crippen LogP contribution in [0.15, 0.2) is 76.6 Å². The molecule has 4 aromatic rings. The zero-order valence-electron chi connectivity index (χ0n) is 19.6. The van der Waals surface area contributed by atoms with Gasteiger partial charge < -0.3 is 4.57 Å². The lowest BCUT2D eigenvalue weighted by atomic mass is 9.96. The molecule has 2 aromatic carbocycles. The van der Waals surface area contributed by atoms with Crippen molar-refractivity contribution in [2.75, 3.05) is 26.2 Å². The normalized spacial score (nSPS) is 16.3. The zero-order valence-corrected chi connectivity index (χ0v) is 19.6. The molecule has 1 aliphatic rings. The molecule has 1 aliphatic heterocycles. The first-order chi connectivity index (χ1) is 16.6. The molecule has 1 fully saturated rings. The van der Waals surface area contributed by atoms with Gasteiger partial charge in [-0.1, -0.05) is 67.6 Å². The molecule has 8 heteroatoms. The third kappa shape index (κ3) is 3.99. The van der Waals surface area contributed by atoms with E-state index in [0.717, 1.165) is 32.6 Å². The van der Waals surface area contributed by atoms with E-state index >= 15 is 0 Å². The molecule has 0 saturated carbocycles. The van der Waals surface area contributed by atoms with Gasteiger partial charge in [0.25, 0.3) is 5.56 Å². The van der Waals surface area contributed by atoms with E-state index in [4.69, 9.17) is 0 Å². The number of aryl methyl sites for hydroxylation is 1. The number of imidazole rings is 1. The van der Waals surface area contributed by atoms with Crippen molar-refractivity contribution in [3.63, 3.8) is 0 Å². The number of benzene rings is 2. The lowest BCUT2D eigenvalue weighted by Crippen LogP contribution is -2.51. The van der Waals surface area contributed by atoms with Gasteiger partial charge in [0.05, 0.1) is 18.5 Å². The highest BCUT2D eigenvalue weighted by Gasteiger charge is 2.31. The number of aromatic amines is 1. The molecule has 1 unspecified atom stereocenters. The maximum Gasteiger partial charge on any atom is 0.331 e. The predicted octanol–water partition coefficient (Wildman–Crippen LogP) is 2.74. The van der Waals surface area contributed by atoms with E-state index in [9.17, 15) is 9.59 Å². The Morgan fingerprint density at radius 3 is 2.00 bits per heavy atom. The Kier molecular flexibility index (Phi) is 6.17. The highest BCUT2D eigenvalue weighted by Crippen LogP contribution is 2.31. The van der Waals surface area contributed by atoms with E-state index in [1.165, 1.54) is 11.1 Å². The summed E-state index contributed by atoms with van der Waals surface area (Å²) in [5.41, 5.74) is 2.62. The fourth-order valence-corrected chi connectivity index (χ4v) is 5.23. The Hall–Kier alpha value is -3.49. The second-order valence-electron chi connectivity index (χ2n) is 8.84. The van der Waals surface area contributed by atoms with Crippen LogP contribution in [0.4, 0.5) is 0 Å². The molecule has 0 radical (unpaired) electrons. The number of piperazine rings is 1. The maximum absolute atomic E-state index is 12.9. The van der Waals surface area contributed by atoms with Gasteiger partial charge in [0.15, 0.2) is 11.2 Å². The fourth-order valence-electron chi connectivity index (χ4n) is 5.23. The molecular formula is C26H30N6O2. The van der Waals surface area contributed by atoms with Gasteiger partial charge in [-0.15, -0.1) is 0 Å². The summed E-state index contributed by atoms with van der Waals surface area (Å²) in [6, 6.07) is 21.4.